The summed E-state index contributed by atoms with van der Waals surface area (Å²) in [5.74, 6) is 0. The highest BCUT2D eigenvalue weighted by Gasteiger charge is 2.20. The topological polar surface area (TPSA) is 3.24 Å². The normalized spacial score (nSPS) is 21.2. The lowest BCUT2D eigenvalue weighted by Gasteiger charge is -2.36. The van der Waals surface area contributed by atoms with E-state index < -0.39 is 0 Å². The minimum atomic E-state index is 0.630. The van der Waals surface area contributed by atoms with E-state index in [9.17, 15) is 0 Å². The van der Waals surface area contributed by atoms with Gasteiger partial charge in [0.2, 0.25) is 0 Å². The molecule has 1 aliphatic heterocycles. The molecule has 1 aromatic rings. The maximum atomic E-state index is 6.10. The van der Waals surface area contributed by atoms with Gasteiger partial charge in [0.1, 0.15) is 0 Å². The van der Waals surface area contributed by atoms with E-state index in [4.69, 9.17) is 11.6 Å². The van der Waals surface area contributed by atoms with Crippen molar-refractivity contribution in [2.75, 3.05) is 11.4 Å². The van der Waals surface area contributed by atoms with E-state index in [1.807, 2.05) is 6.07 Å². The number of anilines is 1. The molecule has 0 amide bonds. The number of nitrogens with zero attached hydrogens (tertiary/aromatic N) is 1. The van der Waals surface area contributed by atoms with Crippen LogP contribution in [0, 0.1) is 0 Å². The van der Waals surface area contributed by atoms with Crippen molar-refractivity contribution in [3.63, 3.8) is 0 Å². The Kier molecular flexibility index (Phi) is 4.15. The molecule has 1 atom stereocenters. The van der Waals surface area contributed by atoms with E-state index in [1.165, 1.54) is 30.5 Å². The summed E-state index contributed by atoms with van der Waals surface area (Å²) in [7, 11) is 0. The quantitative estimate of drug-likeness (QED) is 0.721. The van der Waals surface area contributed by atoms with E-state index in [2.05, 4.69) is 39.9 Å². The maximum absolute atomic E-state index is 6.10. The Labute approximate surface area is 111 Å². The van der Waals surface area contributed by atoms with Gasteiger partial charge in [0.25, 0.3) is 0 Å². The van der Waals surface area contributed by atoms with E-state index in [0.29, 0.717) is 6.04 Å². The first-order valence-electron chi connectivity index (χ1n) is 5.83. The highest BCUT2D eigenvalue weighted by Crippen LogP contribution is 2.31. The molecule has 0 aromatic heterocycles. The second kappa shape index (κ2) is 5.42. The van der Waals surface area contributed by atoms with Gasteiger partial charge in [-0.3, -0.25) is 0 Å². The zero-order valence-electron chi connectivity index (χ0n) is 9.55. The van der Waals surface area contributed by atoms with Crippen molar-refractivity contribution in [3.8, 4) is 0 Å². The number of hydrogen-bond acceptors (Lipinski definition) is 1. The molecule has 3 heteroatoms. The molecule has 88 valence electrons. The van der Waals surface area contributed by atoms with Gasteiger partial charge in [0, 0.05) is 28.6 Å². The molecular weight excluding hydrogens is 286 g/mol. The van der Waals surface area contributed by atoms with Crippen molar-refractivity contribution in [3.05, 3.63) is 28.8 Å². The first-order chi connectivity index (χ1) is 7.72. The molecule has 16 heavy (non-hydrogen) atoms. The maximum Gasteiger partial charge on any atom is 0.0426 e. The van der Waals surface area contributed by atoms with Crippen LogP contribution in [-0.4, -0.2) is 12.6 Å². The Balaban J connectivity index is 2.33. The Morgan fingerprint density at radius 2 is 2.25 bits per heavy atom. The summed E-state index contributed by atoms with van der Waals surface area (Å²) in [4.78, 5) is 2.49. The minimum Gasteiger partial charge on any atom is -0.369 e. The summed E-state index contributed by atoms with van der Waals surface area (Å²) in [6.07, 6.45) is 3.93. The van der Waals surface area contributed by atoms with Gasteiger partial charge >= 0.3 is 0 Å². The number of halogens is 2. The molecule has 0 spiro atoms. The fourth-order valence-corrected chi connectivity index (χ4v) is 3.01. The smallest absolute Gasteiger partial charge is 0.0426 e. The van der Waals surface area contributed by atoms with Gasteiger partial charge in [-0.25, -0.2) is 0 Å². The fraction of sp³-hybridized carbons (Fsp3) is 0.538. The van der Waals surface area contributed by atoms with E-state index in [-0.39, 0.29) is 0 Å². The predicted molar refractivity (Wildman–Crippen MR) is 74.7 cm³/mol. The molecule has 0 radical (unpaired) electrons. The fourth-order valence-electron chi connectivity index (χ4n) is 2.37. The van der Waals surface area contributed by atoms with Crippen LogP contribution in [-0.2, 0) is 5.33 Å². The molecule has 0 bridgehead atoms. The van der Waals surface area contributed by atoms with Crippen molar-refractivity contribution in [2.45, 2.75) is 37.6 Å². The van der Waals surface area contributed by atoms with Crippen molar-refractivity contribution in [2.24, 2.45) is 0 Å². The zero-order valence-corrected chi connectivity index (χ0v) is 11.9. The highest BCUT2D eigenvalue weighted by molar-refractivity contribution is 9.08. The average molecular weight is 303 g/mol. The van der Waals surface area contributed by atoms with Crippen molar-refractivity contribution in [1.29, 1.82) is 0 Å². The SMILES string of the molecule is CC1CCCCN1c1cc(Cl)ccc1CBr. The lowest BCUT2D eigenvalue weighted by molar-refractivity contribution is 0.484. The Hall–Kier alpha value is -0.210. The monoisotopic (exact) mass is 301 g/mol. The van der Waals surface area contributed by atoms with Gasteiger partial charge in [-0.05, 0) is 43.9 Å². The van der Waals surface area contributed by atoms with Crippen LogP contribution in [0.4, 0.5) is 5.69 Å². The van der Waals surface area contributed by atoms with Crippen LogP contribution in [0.25, 0.3) is 0 Å². The van der Waals surface area contributed by atoms with Crippen molar-refractivity contribution in [1.82, 2.24) is 0 Å². The second-order valence-electron chi connectivity index (χ2n) is 4.44. The van der Waals surface area contributed by atoms with Gasteiger partial charge in [-0.15, -0.1) is 0 Å². The Morgan fingerprint density at radius 1 is 1.44 bits per heavy atom. The van der Waals surface area contributed by atoms with Gasteiger partial charge in [0.15, 0.2) is 0 Å². The van der Waals surface area contributed by atoms with Gasteiger partial charge in [-0.2, -0.15) is 0 Å². The number of rotatable bonds is 2. The molecule has 2 rings (SSSR count). The molecule has 1 saturated heterocycles. The minimum absolute atomic E-state index is 0.630. The molecule has 1 heterocycles. The van der Waals surface area contributed by atoms with Crippen LogP contribution in [0.3, 0.4) is 0 Å². The van der Waals surface area contributed by atoms with Crippen LogP contribution >= 0.6 is 27.5 Å². The molecule has 1 fully saturated rings. The number of piperidine rings is 1. The first kappa shape index (κ1) is 12.3. The molecule has 0 saturated carbocycles. The predicted octanol–water partition coefficient (Wildman–Crippen LogP) is 4.61. The molecule has 0 aliphatic carbocycles. The summed E-state index contributed by atoms with van der Waals surface area (Å²) in [5, 5.41) is 1.72. The van der Waals surface area contributed by atoms with Crippen LogP contribution < -0.4 is 4.90 Å². The van der Waals surface area contributed by atoms with E-state index in [1.54, 1.807) is 0 Å². The van der Waals surface area contributed by atoms with Gasteiger partial charge < -0.3 is 4.90 Å². The molecule has 1 aromatic carbocycles. The third-order valence-corrected chi connectivity index (χ3v) is 4.14. The zero-order chi connectivity index (χ0) is 11.5. The molecule has 1 nitrogen and oxygen atoms in total. The third-order valence-electron chi connectivity index (χ3n) is 3.30. The summed E-state index contributed by atoms with van der Waals surface area (Å²) >= 11 is 9.65. The average Bonchev–Trinajstić information content (AvgIpc) is 2.29. The van der Waals surface area contributed by atoms with Crippen molar-refractivity contribution < 1.29 is 0 Å². The lowest BCUT2D eigenvalue weighted by atomic mass is 10.0. The largest absolute Gasteiger partial charge is 0.369 e. The molecule has 1 unspecified atom stereocenters. The molecule has 0 N–H and O–H groups in total. The summed E-state index contributed by atoms with van der Waals surface area (Å²) in [5.41, 5.74) is 2.63. The van der Waals surface area contributed by atoms with E-state index in [0.717, 1.165) is 16.9 Å². The number of alkyl halides is 1. The van der Waals surface area contributed by atoms with E-state index >= 15 is 0 Å². The summed E-state index contributed by atoms with van der Waals surface area (Å²) in [6, 6.07) is 6.81. The standard InChI is InChI=1S/C13H17BrClN/c1-10-4-2-3-7-16(10)13-8-12(15)6-5-11(13)9-14/h5-6,8,10H,2-4,7,9H2,1H3. The van der Waals surface area contributed by atoms with Crippen LogP contribution in [0.5, 0.6) is 0 Å². The van der Waals surface area contributed by atoms with Gasteiger partial charge in [-0.1, -0.05) is 33.6 Å². The Morgan fingerprint density at radius 3 is 2.94 bits per heavy atom. The first-order valence-corrected chi connectivity index (χ1v) is 7.33. The van der Waals surface area contributed by atoms with Gasteiger partial charge in [0.05, 0.1) is 0 Å². The van der Waals surface area contributed by atoms with Crippen molar-refractivity contribution >= 4 is 33.2 Å². The molecular formula is C13H17BrClN. The van der Waals surface area contributed by atoms with Crippen LogP contribution in [0.2, 0.25) is 5.02 Å². The summed E-state index contributed by atoms with van der Waals surface area (Å²) in [6.45, 7) is 3.46. The van der Waals surface area contributed by atoms with Crippen LogP contribution in [0.15, 0.2) is 18.2 Å². The number of hydrogen-bond donors (Lipinski definition) is 0. The lowest BCUT2D eigenvalue weighted by Crippen LogP contribution is -2.37. The number of benzene rings is 1. The Bertz CT molecular complexity index is 367. The highest BCUT2D eigenvalue weighted by atomic mass is 79.9. The van der Waals surface area contributed by atoms with Crippen LogP contribution in [0.1, 0.15) is 31.7 Å². The third kappa shape index (κ3) is 2.54. The summed E-state index contributed by atoms with van der Waals surface area (Å²) < 4.78 is 0. The second-order valence-corrected chi connectivity index (χ2v) is 5.44. The molecule has 1 aliphatic rings.